The van der Waals surface area contributed by atoms with Crippen molar-refractivity contribution >= 4 is 5.91 Å². The van der Waals surface area contributed by atoms with E-state index in [0.29, 0.717) is 23.3 Å². The summed E-state index contributed by atoms with van der Waals surface area (Å²) in [4.78, 5) is 14.4. The smallest absolute Gasteiger partial charge is 0.252 e. The Labute approximate surface area is 141 Å². The van der Waals surface area contributed by atoms with E-state index < -0.39 is 5.91 Å². The highest BCUT2D eigenvalue weighted by molar-refractivity contribution is 5.97. The van der Waals surface area contributed by atoms with Crippen LogP contribution >= 0.6 is 0 Å². The Kier molecular flexibility index (Phi) is 2.78. The van der Waals surface area contributed by atoms with Crippen molar-refractivity contribution in [1.82, 2.24) is 4.90 Å². The standard InChI is InChI=1S/C19H22N2O3/c1-21-8-7-19-12-5-6-14(23-2)17(19)24-16-11(18(20)22)4-3-10(15(16)19)9-13(12)21/h3-6,12-14,17H,7-9H2,1-2H3,(H2,20,22). The number of hydrogen-bond acceptors (Lipinski definition) is 4. The number of benzene rings is 1. The van der Waals surface area contributed by atoms with Crippen molar-refractivity contribution in [1.29, 1.82) is 0 Å². The highest BCUT2D eigenvalue weighted by Crippen LogP contribution is 2.61. The summed E-state index contributed by atoms with van der Waals surface area (Å²) in [6.45, 7) is 1.03. The quantitative estimate of drug-likeness (QED) is 0.831. The molecule has 5 rings (SSSR count). The number of nitrogens with two attached hydrogens (primary N) is 1. The van der Waals surface area contributed by atoms with E-state index in [9.17, 15) is 4.79 Å². The maximum absolute atomic E-state index is 11.9. The molecule has 5 heteroatoms. The first-order valence-electron chi connectivity index (χ1n) is 8.62. The lowest BCUT2D eigenvalue weighted by atomic mass is 9.53. The van der Waals surface area contributed by atoms with Gasteiger partial charge in [0.25, 0.3) is 5.91 Å². The fourth-order valence-electron chi connectivity index (χ4n) is 5.63. The molecule has 1 aromatic carbocycles. The Bertz CT molecular complexity index is 774. The lowest BCUT2D eigenvalue weighted by Gasteiger charge is -2.56. The molecule has 0 saturated carbocycles. The van der Waals surface area contributed by atoms with Crippen LogP contribution in [0.15, 0.2) is 24.3 Å². The Morgan fingerprint density at radius 2 is 2.25 bits per heavy atom. The number of nitrogens with zero attached hydrogens (tertiary/aromatic N) is 1. The van der Waals surface area contributed by atoms with Crippen LogP contribution in [0.3, 0.4) is 0 Å². The summed E-state index contributed by atoms with van der Waals surface area (Å²) in [6, 6.07) is 4.38. The molecule has 0 radical (unpaired) electrons. The molecule has 2 bridgehead atoms. The molecular formula is C19H22N2O3. The summed E-state index contributed by atoms with van der Waals surface area (Å²) in [5.74, 6) is 0.685. The minimum absolute atomic E-state index is 0.0803. The minimum Gasteiger partial charge on any atom is -0.485 e. The van der Waals surface area contributed by atoms with Crippen molar-refractivity contribution in [3.63, 3.8) is 0 Å². The van der Waals surface area contributed by atoms with Crippen molar-refractivity contribution in [2.45, 2.75) is 36.5 Å². The maximum atomic E-state index is 11.9. The lowest BCUT2D eigenvalue weighted by Crippen LogP contribution is -2.65. The first kappa shape index (κ1) is 14.5. The van der Waals surface area contributed by atoms with Crippen molar-refractivity contribution in [2.24, 2.45) is 11.7 Å². The number of amides is 1. The van der Waals surface area contributed by atoms with Crippen LogP contribution in [0.1, 0.15) is 27.9 Å². The molecule has 1 aromatic rings. The number of primary amides is 1. The van der Waals surface area contributed by atoms with Crippen molar-refractivity contribution in [3.05, 3.63) is 41.0 Å². The number of ether oxygens (including phenoxy) is 2. The Morgan fingerprint density at radius 1 is 1.42 bits per heavy atom. The van der Waals surface area contributed by atoms with Crippen molar-refractivity contribution < 1.29 is 14.3 Å². The van der Waals surface area contributed by atoms with Gasteiger partial charge in [-0.25, -0.2) is 0 Å². The van der Waals surface area contributed by atoms with E-state index in [-0.39, 0.29) is 17.6 Å². The third kappa shape index (κ3) is 1.50. The van der Waals surface area contributed by atoms with E-state index in [2.05, 4.69) is 30.2 Å². The van der Waals surface area contributed by atoms with Gasteiger partial charge in [-0.05, 0) is 38.1 Å². The molecule has 126 valence electrons. The number of carbonyl (C=O) groups is 1. The molecule has 24 heavy (non-hydrogen) atoms. The summed E-state index contributed by atoms with van der Waals surface area (Å²) in [7, 11) is 3.94. The van der Waals surface area contributed by atoms with E-state index in [1.807, 2.05) is 6.07 Å². The fraction of sp³-hybridized carbons (Fsp3) is 0.526. The molecule has 1 fully saturated rings. The summed E-state index contributed by atoms with van der Waals surface area (Å²) >= 11 is 0. The van der Waals surface area contributed by atoms with Gasteiger partial charge in [-0.2, -0.15) is 0 Å². The van der Waals surface area contributed by atoms with Gasteiger partial charge in [0.2, 0.25) is 0 Å². The third-order valence-electron chi connectivity index (χ3n) is 6.69. The summed E-state index contributed by atoms with van der Waals surface area (Å²) in [5.41, 5.74) is 8.55. The van der Waals surface area contributed by atoms with Crippen LogP contribution in [0.2, 0.25) is 0 Å². The molecule has 5 unspecified atom stereocenters. The SMILES string of the molecule is COC1C=CC2C3Cc4ccc(C(N)=O)c5c4C2(CCN3C)C1O5. The second kappa shape index (κ2) is 4.61. The second-order valence-electron chi connectivity index (χ2n) is 7.53. The van der Waals surface area contributed by atoms with E-state index in [0.717, 1.165) is 19.4 Å². The molecule has 1 amide bonds. The van der Waals surface area contributed by atoms with E-state index >= 15 is 0 Å². The topological polar surface area (TPSA) is 64.8 Å². The van der Waals surface area contributed by atoms with Gasteiger partial charge in [-0.15, -0.1) is 0 Å². The first-order chi connectivity index (χ1) is 11.6. The summed E-state index contributed by atoms with van der Waals surface area (Å²) in [5, 5.41) is 0. The van der Waals surface area contributed by atoms with Crippen LogP contribution in [-0.4, -0.2) is 49.8 Å². The molecule has 2 aliphatic heterocycles. The van der Waals surface area contributed by atoms with Gasteiger partial charge in [0, 0.05) is 30.0 Å². The van der Waals surface area contributed by atoms with E-state index in [1.54, 1.807) is 7.11 Å². The van der Waals surface area contributed by atoms with Gasteiger partial charge in [-0.3, -0.25) is 4.79 Å². The monoisotopic (exact) mass is 326 g/mol. The van der Waals surface area contributed by atoms with Crippen LogP contribution in [-0.2, 0) is 16.6 Å². The zero-order valence-corrected chi connectivity index (χ0v) is 14.0. The molecule has 4 aliphatic rings. The maximum Gasteiger partial charge on any atom is 0.252 e. The number of rotatable bonds is 2. The zero-order chi connectivity index (χ0) is 16.6. The molecule has 2 aliphatic carbocycles. The van der Waals surface area contributed by atoms with Gasteiger partial charge in [-0.1, -0.05) is 18.2 Å². The van der Waals surface area contributed by atoms with Gasteiger partial charge in [0.15, 0.2) is 0 Å². The average Bonchev–Trinajstić information content (AvgIpc) is 2.92. The Balaban J connectivity index is 1.81. The molecule has 2 heterocycles. The van der Waals surface area contributed by atoms with Gasteiger partial charge < -0.3 is 20.1 Å². The van der Waals surface area contributed by atoms with Crippen molar-refractivity contribution in [2.75, 3.05) is 20.7 Å². The molecule has 1 spiro atoms. The van der Waals surface area contributed by atoms with E-state index in [4.69, 9.17) is 15.2 Å². The zero-order valence-electron chi connectivity index (χ0n) is 14.0. The second-order valence-corrected chi connectivity index (χ2v) is 7.53. The van der Waals surface area contributed by atoms with E-state index in [1.165, 1.54) is 11.1 Å². The molecule has 2 N–H and O–H groups in total. The Hall–Kier alpha value is -1.85. The fourth-order valence-corrected chi connectivity index (χ4v) is 5.63. The summed E-state index contributed by atoms with van der Waals surface area (Å²) < 4.78 is 12.1. The molecule has 5 atom stereocenters. The van der Waals surface area contributed by atoms with Crippen LogP contribution < -0.4 is 10.5 Å². The summed E-state index contributed by atoms with van der Waals surface area (Å²) in [6.07, 6.45) is 6.29. The van der Waals surface area contributed by atoms with Gasteiger partial charge >= 0.3 is 0 Å². The van der Waals surface area contributed by atoms with Crippen LogP contribution in [0.25, 0.3) is 0 Å². The number of likely N-dealkylation sites (N-methyl/N-ethyl adjacent to an activating group) is 1. The normalized spacial score (nSPS) is 38.6. The van der Waals surface area contributed by atoms with Gasteiger partial charge in [0.05, 0.1) is 5.56 Å². The minimum atomic E-state index is -0.420. The number of carbonyl (C=O) groups excluding carboxylic acids is 1. The van der Waals surface area contributed by atoms with Crippen LogP contribution in [0.4, 0.5) is 0 Å². The number of likely N-dealkylation sites (tertiary alicyclic amines) is 1. The molecule has 0 aromatic heterocycles. The number of methoxy groups -OCH3 is 1. The number of hydrogen-bond donors (Lipinski definition) is 1. The lowest BCUT2D eigenvalue weighted by molar-refractivity contribution is -0.0579. The molecule has 5 nitrogen and oxygen atoms in total. The van der Waals surface area contributed by atoms with Crippen LogP contribution in [0.5, 0.6) is 5.75 Å². The first-order valence-corrected chi connectivity index (χ1v) is 8.62. The van der Waals surface area contributed by atoms with Crippen molar-refractivity contribution in [3.8, 4) is 5.75 Å². The largest absolute Gasteiger partial charge is 0.485 e. The van der Waals surface area contributed by atoms with Crippen LogP contribution in [0, 0.1) is 5.92 Å². The molecular weight excluding hydrogens is 304 g/mol. The highest BCUT2D eigenvalue weighted by atomic mass is 16.5. The average molecular weight is 326 g/mol. The predicted octanol–water partition coefficient (Wildman–Crippen LogP) is 1.25. The molecule has 1 saturated heterocycles. The van der Waals surface area contributed by atoms with Gasteiger partial charge in [0.1, 0.15) is 18.0 Å². The number of piperidine rings is 1. The predicted molar refractivity (Wildman–Crippen MR) is 89.2 cm³/mol. The highest BCUT2D eigenvalue weighted by Gasteiger charge is 2.64. The Morgan fingerprint density at radius 3 is 3.00 bits per heavy atom. The third-order valence-corrected chi connectivity index (χ3v) is 6.69.